The second-order valence-electron chi connectivity index (χ2n) is 6.57. The third-order valence-corrected chi connectivity index (χ3v) is 5.32. The van der Waals surface area contributed by atoms with Gasteiger partial charge in [0.05, 0.1) is 0 Å². The summed E-state index contributed by atoms with van der Waals surface area (Å²) < 4.78 is 16.8. The van der Waals surface area contributed by atoms with E-state index in [0.29, 0.717) is 34.8 Å². The van der Waals surface area contributed by atoms with Gasteiger partial charge in [0.15, 0.2) is 11.5 Å². The fourth-order valence-corrected chi connectivity index (χ4v) is 3.67. The van der Waals surface area contributed by atoms with Gasteiger partial charge in [-0.3, -0.25) is 0 Å². The van der Waals surface area contributed by atoms with E-state index in [1.807, 2.05) is 42.5 Å². The molecule has 30 heavy (non-hydrogen) atoms. The number of halogens is 4. The van der Waals surface area contributed by atoms with Crippen LogP contribution >= 0.6 is 47.2 Å². The topological polar surface area (TPSA) is 39.7 Å². The van der Waals surface area contributed by atoms with Crippen molar-refractivity contribution in [2.24, 2.45) is 0 Å². The van der Waals surface area contributed by atoms with E-state index in [1.54, 1.807) is 12.1 Å². The van der Waals surface area contributed by atoms with E-state index in [-0.39, 0.29) is 19.2 Å². The van der Waals surface area contributed by atoms with Gasteiger partial charge in [-0.15, -0.1) is 12.4 Å². The first-order valence-electron chi connectivity index (χ1n) is 9.03. The molecule has 0 unspecified atom stereocenters. The quantitative estimate of drug-likeness (QED) is 0.405. The summed E-state index contributed by atoms with van der Waals surface area (Å²) in [5, 5.41) is 5.24. The summed E-state index contributed by atoms with van der Waals surface area (Å²) >= 11 is 18.4. The molecule has 1 aliphatic rings. The van der Waals surface area contributed by atoms with Crippen LogP contribution in [-0.2, 0) is 19.7 Å². The van der Waals surface area contributed by atoms with Gasteiger partial charge in [-0.2, -0.15) is 0 Å². The maximum absolute atomic E-state index is 6.24. The summed E-state index contributed by atoms with van der Waals surface area (Å²) in [5.41, 5.74) is 2.93. The molecule has 0 aromatic heterocycles. The zero-order chi connectivity index (χ0) is 20.2. The first-order valence-corrected chi connectivity index (χ1v) is 10.2. The van der Waals surface area contributed by atoms with Gasteiger partial charge in [-0.1, -0.05) is 46.9 Å². The molecule has 0 amide bonds. The molecule has 158 valence electrons. The second-order valence-corrected chi connectivity index (χ2v) is 7.85. The van der Waals surface area contributed by atoms with Crippen molar-refractivity contribution >= 4 is 47.2 Å². The maximum atomic E-state index is 6.24. The van der Waals surface area contributed by atoms with Crippen LogP contribution in [0.25, 0.3) is 0 Å². The highest BCUT2D eigenvalue weighted by atomic mass is 35.5. The fourth-order valence-electron chi connectivity index (χ4n) is 3.01. The molecule has 0 aliphatic carbocycles. The third kappa shape index (κ3) is 5.65. The maximum Gasteiger partial charge on any atom is 0.231 e. The molecule has 1 aliphatic heterocycles. The van der Waals surface area contributed by atoms with E-state index in [4.69, 9.17) is 49.0 Å². The Morgan fingerprint density at radius 3 is 2.40 bits per heavy atom. The monoisotopic (exact) mass is 485 g/mol. The lowest BCUT2D eigenvalue weighted by Gasteiger charge is -2.14. The Morgan fingerprint density at radius 2 is 1.57 bits per heavy atom. The highest BCUT2D eigenvalue weighted by Gasteiger charge is 2.13. The zero-order valence-electron chi connectivity index (χ0n) is 15.8. The molecule has 0 radical (unpaired) electrons. The van der Waals surface area contributed by atoms with Gasteiger partial charge in [0.1, 0.15) is 12.4 Å². The number of rotatable bonds is 7. The number of nitrogens with one attached hydrogen (secondary N) is 1. The van der Waals surface area contributed by atoms with Gasteiger partial charge >= 0.3 is 0 Å². The number of hydrogen-bond donors (Lipinski definition) is 1. The third-order valence-electron chi connectivity index (χ3n) is 4.50. The molecular formula is C22H19Cl4NO3. The molecule has 0 bridgehead atoms. The average molecular weight is 487 g/mol. The summed E-state index contributed by atoms with van der Waals surface area (Å²) in [6.45, 7) is 1.88. The Balaban J connectivity index is 0.00000256. The molecule has 4 rings (SSSR count). The minimum absolute atomic E-state index is 0. The smallest absolute Gasteiger partial charge is 0.231 e. The lowest BCUT2D eigenvalue weighted by Crippen LogP contribution is -2.13. The first-order chi connectivity index (χ1) is 14.1. The van der Waals surface area contributed by atoms with Crippen LogP contribution in [0.3, 0.4) is 0 Å². The van der Waals surface area contributed by atoms with Crippen molar-refractivity contribution in [3.05, 3.63) is 86.4 Å². The van der Waals surface area contributed by atoms with Crippen LogP contribution in [0.15, 0.2) is 54.6 Å². The molecule has 1 heterocycles. The van der Waals surface area contributed by atoms with E-state index in [2.05, 4.69) is 5.32 Å². The SMILES string of the molecule is Cl.Clc1ccc(COc2ccc(Cl)cc2CNCc2ccc3c(c2)OCO3)c(Cl)c1. The van der Waals surface area contributed by atoms with Crippen molar-refractivity contribution in [3.8, 4) is 17.2 Å². The second kappa shape index (κ2) is 10.5. The Morgan fingerprint density at radius 1 is 0.800 bits per heavy atom. The number of fused-ring (bicyclic) bond motifs is 1. The van der Waals surface area contributed by atoms with Crippen LogP contribution in [0.5, 0.6) is 17.2 Å². The molecule has 3 aromatic rings. The van der Waals surface area contributed by atoms with Crippen LogP contribution in [-0.4, -0.2) is 6.79 Å². The predicted octanol–water partition coefficient (Wildman–Crippen LogP) is 6.67. The van der Waals surface area contributed by atoms with E-state index in [1.165, 1.54) is 0 Å². The average Bonchev–Trinajstić information content (AvgIpc) is 3.16. The van der Waals surface area contributed by atoms with Crippen molar-refractivity contribution in [1.82, 2.24) is 5.32 Å². The predicted molar refractivity (Wildman–Crippen MR) is 123 cm³/mol. The van der Waals surface area contributed by atoms with E-state index in [0.717, 1.165) is 33.9 Å². The number of ether oxygens (including phenoxy) is 3. The summed E-state index contributed by atoms with van der Waals surface area (Å²) in [4.78, 5) is 0. The normalized spacial score (nSPS) is 11.8. The Bertz CT molecular complexity index is 1030. The number of hydrogen-bond acceptors (Lipinski definition) is 4. The molecule has 0 fully saturated rings. The van der Waals surface area contributed by atoms with Crippen LogP contribution in [0.2, 0.25) is 15.1 Å². The van der Waals surface area contributed by atoms with E-state index < -0.39 is 0 Å². The highest BCUT2D eigenvalue weighted by Crippen LogP contribution is 2.32. The van der Waals surface area contributed by atoms with Crippen LogP contribution in [0.4, 0.5) is 0 Å². The van der Waals surface area contributed by atoms with Crippen LogP contribution < -0.4 is 19.5 Å². The highest BCUT2D eigenvalue weighted by molar-refractivity contribution is 6.35. The van der Waals surface area contributed by atoms with Crippen molar-refractivity contribution in [1.29, 1.82) is 0 Å². The van der Waals surface area contributed by atoms with E-state index >= 15 is 0 Å². The molecule has 0 saturated heterocycles. The number of benzene rings is 3. The molecule has 0 atom stereocenters. The van der Waals surface area contributed by atoms with Gasteiger partial charge in [0.2, 0.25) is 6.79 Å². The summed E-state index contributed by atoms with van der Waals surface area (Å²) in [7, 11) is 0. The fraction of sp³-hybridized carbons (Fsp3) is 0.182. The molecule has 4 nitrogen and oxygen atoms in total. The minimum Gasteiger partial charge on any atom is -0.489 e. The van der Waals surface area contributed by atoms with Crippen LogP contribution in [0, 0.1) is 0 Å². The summed E-state index contributed by atoms with van der Waals surface area (Å²) in [6.07, 6.45) is 0. The van der Waals surface area contributed by atoms with Crippen molar-refractivity contribution in [2.45, 2.75) is 19.7 Å². The van der Waals surface area contributed by atoms with Gasteiger partial charge < -0.3 is 19.5 Å². The first kappa shape index (κ1) is 22.9. The molecule has 0 saturated carbocycles. The standard InChI is InChI=1S/C22H18Cl3NO3.ClH/c23-17-4-6-20(27-12-15-2-3-18(24)9-19(15)25)16(8-17)11-26-10-14-1-5-21-22(7-14)29-13-28-21;/h1-9,26H,10-13H2;1H. The molecule has 3 aromatic carbocycles. The van der Waals surface area contributed by atoms with Gasteiger partial charge in [0.25, 0.3) is 0 Å². The van der Waals surface area contributed by atoms with Gasteiger partial charge in [-0.25, -0.2) is 0 Å². The molecule has 1 N–H and O–H groups in total. The van der Waals surface area contributed by atoms with Crippen molar-refractivity contribution < 1.29 is 14.2 Å². The summed E-state index contributed by atoms with van der Waals surface area (Å²) in [6, 6.07) is 16.8. The van der Waals surface area contributed by atoms with Crippen molar-refractivity contribution in [3.63, 3.8) is 0 Å². The lowest BCUT2D eigenvalue weighted by atomic mass is 10.1. The molecule has 0 spiro atoms. The van der Waals surface area contributed by atoms with Gasteiger partial charge in [0, 0.05) is 39.3 Å². The van der Waals surface area contributed by atoms with Crippen molar-refractivity contribution in [2.75, 3.05) is 6.79 Å². The van der Waals surface area contributed by atoms with Crippen LogP contribution in [0.1, 0.15) is 16.7 Å². The molecule has 8 heteroatoms. The van der Waals surface area contributed by atoms with Gasteiger partial charge in [-0.05, 0) is 48.0 Å². The lowest BCUT2D eigenvalue weighted by molar-refractivity contribution is 0.174. The van der Waals surface area contributed by atoms with E-state index in [9.17, 15) is 0 Å². The molecular weight excluding hydrogens is 468 g/mol. The largest absolute Gasteiger partial charge is 0.489 e. The minimum atomic E-state index is 0. The Hall–Kier alpha value is -1.82. The Labute approximate surface area is 196 Å². The summed E-state index contributed by atoms with van der Waals surface area (Å²) in [5.74, 6) is 2.30. The zero-order valence-corrected chi connectivity index (χ0v) is 18.9. The Kier molecular flexibility index (Phi) is 7.98.